The molecule has 0 unspecified atom stereocenters. The zero-order chi connectivity index (χ0) is 12.3. The third kappa shape index (κ3) is 2.40. The molecule has 1 aromatic carbocycles. The number of alkyl halides is 3. The molecule has 0 fully saturated rings. The fourth-order valence-corrected chi connectivity index (χ4v) is 1.59. The molecule has 0 aliphatic carbocycles. The minimum atomic E-state index is -4.50. The third-order valence-electron chi connectivity index (χ3n) is 2.13. The van der Waals surface area contributed by atoms with Crippen molar-refractivity contribution < 1.29 is 18.0 Å². The predicted molar refractivity (Wildman–Crippen MR) is 50.9 cm³/mol. The van der Waals surface area contributed by atoms with Gasteiger partial charge in [-0.05, 0) is 30.2 Å². The van der Waals surface area contributed by atoms with E-state index >= 15 is 0 Å². The van der Waals surface area contributed by atoms with Gasteiger partial charge >= 0.3 is 6.18 Å². The van der Waals surface area contributed by atoms with Crippen LogP contribution in [0.3, 0.4) is 0 Å². The van der Waals surface area contributed by atoms with Gasteiger partial charge in [0.2, 0.25) is 0 Å². The summed E-state index contributed by atoms with van der Waals surface area (Å²) in [6.07, 6.45) is -4.40. The van der Waals surface area contributed by atoms with Crippen LogP contribution < -0.4 is 0 Å². The van der Waals surface area contributed by atoms with E-state index < -0.39 is 11.7 Å². The summed E-state index contributed by atoms with van der Waals surface area (Å²) >= 11 is 0. The van der Waals surface area contributed by atoms with Crippen LogP contribution in [0.5, 0.6) is 0 Å². The lowest BCUT2D eigenvalue weighted by molar-refractivity contribution is -0.138. The molecule has 0 aliphatic rings. The summed E-state index contributed by atoms with van der Waals surface area (Å²) in [6, 6.07) is 3.93. The van der Waals surface area contributed by atoms with Gasteiger partial charge in [0.05, 0.1) is 18.1 Å². The lowest BCUT2D eigenvalue weighted by Gasteiger charge is -2.14. The molecule has 0 radical (unpaired) electrons. The Kier molecular flexibility index (Phi) is 3.33. The first-order valence-electron chi connectivity index (χ1n) is 4.43. The van der Waals surface area contributed by atoms with Gasteiger partial charge in [-0.25, -0.2) is 0 Å². The van der Waals surface area contributed by atoms with Crippen LogP contribution in [0.25, 0.3) is 0 Å². The van der Waals surface area contributed by atoms with Gasteiger partial charge in [-0.1, -0.05) is 0 Å². The molecule has 1 aromatic rings. The van der Waals surface area contributed by atoms with E-state index in [9.17, 15) is 18.0 Å². The molecule has 0 amide bonds. The molecule has 0 saturated heterocycles. The molecule has 0 aromatic heterocycles. The van der Waals surface area contributed by atoms with Crippen LogP contribution in [0.4, 0.5) is 13.2 Å². The first-order chi connectivity index (χ1) is 7.40. The van der Waals surface area contributed by atoms with Crippen molar-refractivity contribution in [1.29, 1.82) is 5.26 Å². The van der Waals surface area contributed by atoms with Crippen LogP contribution in [0, 0.1) is 18.3 Å². The smallest absolute Gasteiger partial charge is 0.298 e. The van der Waals surface area contributed by atoms with Crippen LogP contribution >= 0.6 is 0 Å². The topological polar surface area (TPSA) is 40.9 Å². The van der Waals surface area contributed by atoms with Crippen LogP contribution in [0.15, 0.2) is 12.1 Å². The van der Waals surface area contributed by atoms with Crippen LogP contribution in [-0.2, 0) is 12.6 Å². The Morgan fingerprint density at radius 3 is 2.50 bits per heavy atom. The Hall–Kier alpha value is -1.83. The van der Waals surface area contributed by atoms with Crippen molar-refractivity contribution in [3.8, 4) is 6.07 Å². The molecule has 0 N–H and O–H groups in total. The average molecular weight is 227 g/mol. The van der Waals surface area contributed by atoms with Crippen LogP contribution in [0.1, 0.15) is 27.0 Å². The number of carbonyl (C=O) groups excluding carboxylic acids is 1. The van der Waals surface area contributed by atoms with Gasteiger partial charge in [0.25, 0.3) is 0 Å². The lowest BCUT2D eigenvalue weighted by atomic mass is 9.96. The van der Waals surface area contributed by atoms with Crippen molar-refractivity contribution in [3.63, 3.8) is 0 Å². The second-order valence-electron chi connectivity index (χ2n) is 3.32. The number of benzene rings is 1. The SMILES string of the molecule is Cc1cc(C=O)cc(CC#N)c1C(F)(F)F. The monoisotopic (exact) mass is 227 g/mol. The summed E-state index contributed by atoms with van der Waals surface area (Å²) in [5, 5.41) is 8.46. The number of halogens is 3. The van der Waals surface area contributed by atoms with Crippen molar-refractivity contribution in [3.05, 3.63) is 34.4 Å². The molecular weight excluding hydrogens is 219 g/mol. The maximum absolute atomic E-state index is 12.7. The molecule has 84 valence electrons. The number of hydrogen-bond acceptors (Lipinski definition) is 2. The Morgan fingerprint density at radius 2 is 2.06 bits per heavy atom. The second-order valence-corrected chi connectivity index (χ2v) is 3.32. The molecule has 1 rings (SSSR count). The van der Waals surface area contributed by atoms with E-state index in [2.05, 4.69) is 0 Å². The molecule has 0 aliphatic heterocycles. The zero-order valence-corrected chi connectivity index (χ0v) is 8.43. The maximum Gasteiger partial charge on any atom is 0.416 e. The molecular formula is C11H8F3NO. The molecule has 2 nitrogen and oxygen atoms in total. The Labute approximate surface area is 90.3 Å². The number of aldehydes is 1. The van der Waals surface area contributed by atoms with Gasteiger partial charge in [0, 0.05) is 5.56 Å². The van der Waals surface area contributed by atoms with Gasteiger partial charge in [-0.2, -0.15) is 18.4 Å². The fraction of sp³-hybridized carbons (Fsp3) is 0.273. The molecule has 16 heavy (non-hydrogen) atoms. The van der Waals surface area contributed by atoms with Crippen molar-refractivity contribution in [2.75, 3.05) is 0 Å². The van der Waals surface area contributed by atoms with E-state index in [0.717, 1.165) is 12.1 Å². The largest absolute Gasteiger partial charge is 0.416 e. The number of rotatable bonds is 2. The van der Waals surface area contributed by atoms with E-state index in [1.54, 1.807) is 6.07 Å². The minimum absolute atomic E-state index is 0.0395. The highest BCUT2D eigenvalue weighted by Crippen LogP contribution is 2.35. The minimum Gasteiger partial charge on any atom is -0.298 e. The number of aryl methyl sites for hydroxylation is 1. The normalized spacial score (nSPS) is 10.9. The van der Waals surface area contributed by atoms with Crippen molar-refractivity contribution >= 4 is 6.29 Å². The van der Waals surface area contributed by atoms with Gasteiger partial charge in [0.1, 0.15) is 6.29 Å². The van der Waals surface area contributed by atoms with E-state index in [0.29, 0.717) is 6.29 Å². The first-order valence-corrected chi connectivity index (χ1v) is 4.43. The van der Waals surface area contributed by atoms with E-state index in [-0.39, 0.29) is 23.1 Å². The third-order valence-corrected chi connectivity index (χ3v) is 2.13. The Morgan fingerprint density at radius 1 is 1.44 bits per heavy atom. The van der Waals surface area contributed by atoms with E-state index in [1.165, 1.54) is 6.92 Å². The van der Waals surface area contributed by atoms with Gasteiger partial charge in [-0.3, -0.25) is 4.79 Å². The molecule has 0 heterocycles. The summed E-state index contributed by atoms with van der Waals surface area (Å²) in [5.74, 6) is 0. The highest BCUT2D eigenvalue weighted by atomic mass is 19.4. The number of nitriles is 1. The summed E-state index contributed by atoms with van der Waals surface area (Å²) in [4.78, 5) is 10.5. The van der Waals surface area contributed by atoms with Gasteiger partial charge < -0.3 is 0 Å². The predicted octanol–water partition coefficient (Wildman–Crippen LogP) is 2.89. The summed E-state index contributed by atoms with van der Waals surface area (Å²) in [6.45, 7) is 1.27. The van der Waals surface area contributed by atoms with E-state index in [4.69, 9.17) is 5.26 Å². The Bertz CT molecular complexity index is 458. The lowest BCUT2D eigenvalue weighted by Crippen LogP contribution is -2.12. The molecule has 0 saturated carbocycles. The quantitative estimate of drug-likeness (QED) is 0.729. The van der Waals surface area contributed by atoms with Crippen LogP contribution in [-0.4, -0.2) is 6.29 Å². The number of nitrogens with zero attached hydrogens (tertiary/aromatic N) is 1. The molecule has 5 heteroatoms. The number of hydrogen-bond donors (Lipinski definition) is 0. The summed E-state index contributed by atoms with van der Waals surface area (Å²) in [7, 11) is 0. The second kappa shape index (κ2) is 4.35. The zero-order valence-electron chi connectivity index (χ0n) is 8.43. The van der Waals surface area contributed by atoms with Gasteiger partial charge in [-0.15, -0.1) is 0 Å². The van der Waals surface area contributed by atoms with Crippen molar-refractivity contribution in [2.45, 2.75) is 19.5 Å². The maximum atomic E-state index is 12.7. The van der Waals surface area contributed by atoms with Crippen molar-refractivity contribution in [2.24, 2.45) is 0 Å². The highest BCUT2D eigenvalue weighted by Gasteiger charge is 2.35. The first kappa shape index (κ1) is 12.2. The van der Waals surface area contributed by atoms with Crippen LogP contribution in [0.2, 0.25) is 0 Å². The molecule has 0 bridgehead atoms. The standard InChI is InChI=1S/C11H8F3NO/c1-7-4-8(6-16)5-9(2-3-15)10(7)11(12,13)14/h4-6H,2H2,1H3. The molecule has 0 atom stereocenters. The summed E-state index contributed by atoms with van der Waals surface area (Å²) in [5.41, 5.74) is -0.866. The highest BCUT2D eigenvalue weighted by molar-refractivity contribution is 5.76. The fourth-order valence-electron chi connectivity index (χ4n) is 1.59. The number of carbonyl (C=O) groups is 1. The summed E-state index contributed by atoms with van der Waals surface area (Å²) < 4.78 is 38.0. The van der Waals surface area contributed by atoms with Crippen molar-refractivity contribution in [1.82, 2.24) is 0 Å². The van der Waals surface area contributed by atoms with Gasteiger partial charge in [0.15, 0.2) is 0 Å². The van der Waals surface area contributed by atoms with E-state index in [1.807, 2.05) is 0 Å². The average Bonchev–Trinajstić information content (AvgIpc) is 2.15. The Balaban J connectivity index is 3.47. The molecule has 0 spiro atoms.